The van der Waals surface area contributed by atoms with Crippen LogP contribution in [0.2, 0.25) is 0 Å². The topological polar surface area (TPSA) is 97.9 Å². The van der Waals surface area contributed by atoms with Crippen molar-refractivity contribution < 1.29 is 18.0 Å². The minimum absolute atomic E-state index is 0.0435. The molecule has 1 aromatic carbocycles. The highest BCUT2D eigenvalue weighted by molar-refractivity contribution is 9.10. The number of nitrogens with zero attached hydrogens (tertiary/aromatic N) is 5. The molecule has 34 heavy (non-hydrogen) atoms. The van der Waals surface area contributed by atoms with Crippen molar-refractivity contribution in [3.05, 3.63) is 88.2 Å². The molecule has 1 amide bonds. The third kappa shape index (κ3) is 4.98. The number of halogens is 4. The summed E-state index contributed by atoms with van der Waals surface area (Å²) >= 11 is 3.34. The van der Waals surface area contributed by atoms with Gasteiger partial charge >= 0.3 is 6.18 Å². The molecule has 0 spiro atoms. The molecule has 4 rings (SSSR count). The van der Waals surface area contributed by atoms with Crippen molar-refractivity contribution in [3.63, 3.8) is 0 Å². The highest BCUT2D eigenvalue weighted by Crippen LogP contribution is 2.30. The van der Waals surface area contributed by atoms with Crippen LogP contribution >= 0.6 is 15.9 Å². The average molecular weight is 531 g/mol. The molecule has 0 aliphatic carbocycles. The van der Waals surface area contributed by atoms with Crippen LogP contribution in [0.1, 0.15) is 40.4 Å². The number of rotatable bonds is 5. The van der Waals surface area contributed by atoms with Crippen molar-refractivity contribution in [1.82, 2.24) is 24.8 Å². The number of pyridine rings is 2. The monoisotopic (exact) mass is 530 g/mol. The second-order valence-electron chi connectivity index (χ2n) is 7.51. The number of anilines is 1. The molecule has 3 aromatic heterocycles. The number of hydrogen-bond acceptors (Lipinski definition) is 6. The number of carbonyl (C=O) groups excluding carboxylic acids is 1. The van der Waals surface area contributed by atoms with E-state index in [1.807, 2.05) is 0 Å². The molecule has 0 aliphatic heterocycles. The predicted octanol–water partition coefficient (Wildman–Crippen LogP) is 5.19. The summed E-state index contributed by atoms with van der Waals surface area (Å²) in [6, 6.07) is 10.0. The van der Waals surface area contributed by atoms with Crippen molar-refractivity contribution in [2.24, 2.45) is 0 Å². The van der Waals surface area contributed by atoms with Crippen molar-refractivity contribution in [3.8, 4) is 0 Å². The van der Waals surface area contributed by atoms with Gasteiger partial charge in [0.05, 0.1) is 33.8 Å². The second-order valence-corrected chi connectivity index (χ2v) is 8.37. The Labute approximate surface area is 201 Å². The Morgan fingerprint density at radius 3 is 2.50 bits per heavy atom. The molecule has 7 nitrogen and oxygen atoms in total. The molecule has 1 unspecified atom stereocenters. The van der Waals surface area contributed by atoms with Gasteiger partial charge in [0.1, 0.15) is 11.6 Å². The summed E-state index contributed by atoms with van der Waals surface area (Å²) in [5, 5.41) is 0.697. The van der Waals surface area contributed by atoms with E-state index < -0.39 is 17.8 Å². The normalized spacial score (nSPS) is 12.5. The van der Waals surface area contributed by atoms with Crippen LogP contribution in [0.15, 0.2) is 65.5 Å². The maximum atomic E-state index is 13.6. The third-order valence-electron chi connectivity index (χ3n) is 5.21. The molecule has 4 aromatic rings. The van der Waals surface area contributed by atoms with E-state index in [1.165, 1.54) is 11.0 Å². The molecule has 2 N–H and O–H groups in total. The Balaban J connectivity index is 1.70. The maximum Gasteiger partial charge on any atom is 0.417 e. The Morgan fingerprint density at radius 2 is 1.85 bits per heavy atom. The van der Waals surface area contributed by atoms with E-state index in [-0.39, 0.29) is 12.5 Å². The summed E-state index contributed by atoms with van der Waals surface area (Å²) in [5.41, 5.74) is 6.25. The van der Waals surface area contributed by atoms with Crippen molar-refractivity contribution in [1.29, 1.82) is 0 Å². The predicted molar refractivity (Wildman–Crippen MR) is 123 cm³/mol. The molecule has 0 bridgehead atoms. The fourth-order valence-electron chi connectivity index (χ4n) is 3.38. The number of amides is 1. The summed E-state index contributed by atoms with van der Waals surface area (Å²) in [7, 11) is 0. The van der Waals surface area contributed by atoms with Gasteiger partial charge in [-0.2, -0.15) is 13.2 Å². The number of alkyl halides is 3. The van der Waals surface area contributed by atoms with Crippen molar-refractivity contribution >= 4 is 38.6 Å². The summed E-state index contributed by atoms with van der Waals surface area (Å²) in [6.07, 6.45) is -0.628. The van der Waals surface area contributed by atoms with E-state index >= 15 is 0 Å². The van der Waals surface area contributed by atoms with E-state index in [0.717, 1.165) is 12.3 Å². The van der Waals surface area contributed by atoms with Gasteiger partial charge in [-0.25, -0.2) is 15.0 Å². The Hall–Kier alpha value is -3.60. The first-order valence-corrected chi connectivity index (χ1v) is 10.9. The lowest BCUT2D eigenvalue weighted by atomic mass is 10.1. The Morgan fingerprint density at radius 1 is 1.12 bits per heavy atom. The standard InChI is InChI=1S/C23H18BrF3N6O/c1-13(21-29-7-2-8-30-21)33(12-17-5-4-16(11-31-17)23(25,26)27)22(34)14-3-6-19-15(9-14)10-18(24)20(28)32-19/h2-11,13H,12H2,1H3,(H2,28,32). The number of nitrogen functional groups attached to an aromatic ring is 1. The van der Waals surface area contributed by atoms with E-state index in [0.29, 0.717) is 38.3 Å². The van der Waals surface area contributed by atoms with Crippen molar-refractivity contribution in [2.75, 3.05) is 5.73 Å². The molecule has 0 radical (unpaired) electrons. The lowest BCUT2D eigenvalue weighted by Gasteiger charge is -2.28. The van der Waals surface area contributed by atoms with Gasteiger partial charge < -0.3 is 10.6 Å². The minimum atomic E-state index is -4.50. The number of benzene rings is 1. The average Bonchev–Trinajstić information content (AvgIpc) is 2.82. The zero-order valence-corrected chi connectivity index (χ0v) is 19.4. The van der Waals surface area contributed by atoms with Gasteiger partial charge in [-0.05, 0) is 65.3 Å². The minimum Gasteiger partial charge on any atom is -0.383 e. The van der Waals surface area contributed by atoms with Crippen LogP contribution in [0.25, 0.3) is 10.9 Å². The van der Waals surface area contributed by atoms with E-state index in [1.54, 1.807) is 49.6 Å². The lowest BCUT2D eigenvalue weighted by Crippen LogP contribution is -2.34. The number of carbonyl (C=O) groups is 1. The van der Waals surface area contributed by atoms with Crippen LogP contribution in [-0.4, -0.2) is 30.7 Å². The number of aromatic nitrogens is 4. The van der Waals surface area contributed by atoms with E-state index in [2.05, 4.69) is 35.9 Å². The zero-order valence-electron chi connectivity index (χ0n) is 17.8. The van der Waals surface area contributed by atoms with Gasteiger partial charge in [-0.1, -0.05) is 0 Å². The van der Waals surface area contributed by atoms with Crippen LogP contribution in [-0.2, 0) is 12.7 Å². The Kier molecular flexibility index (Phi) is 6.47. The van der Waals surface area contributed by atoms with Crippen LogP contribution in [0.3, 0.4) is 0 Å². The molecule has 0 fully saturated rings. The van der Waals surface area contributed by atoms with Crippen LogP contribution < -0.4 is 5.73 Å². The highest BCUT2D eigenvalue weighted by atomic mass is 79.9. The SMILES string of the molecule is CC(c1ncccn1)N(Cc1ccc(C(F)(F)F)cn1)C(=O)c1ccc2nc(N)c(Br)cc2c1. The number of fused-ring (bicyclic) bond motifs is 1. The molecule has 174 valence electrons. The third-order valence-corrected chi connectivity index (χ3v) is 5.85. The van der Waals surface area contributed by atoms with Crippen LogP contribution in [0.5, 0.6) is 0 Å². The van der Waals surface area contributed by atoms with Gasteiger partial charge in [-0.3, -0.25) is 9.78 Å². The summed E-state index contributed by atoms with van der Waals surface area (Å²) < 4.78 is 39.4. The molecule has 0 saturated carbocycles. The van der Waals surface area contributed by atoms with Gasteiger partial charge in [0.2, 0.25) is 0 Å². The van der Waals surface area contributed by atoms with Gasteiger partial charge in [0.15, 0.2) is 0 Å². The molecule has 0 aliphatic rings. The summed E-state index contributed by atoms with van der Waals surface area (Å²) in [6.45, 7) is 1.70. The summed E-state index contributed by atoms with van der Waals surface area (Å²) in [4.78, 5) is 31.7. The zero-order chi connectivity index (χ0) is 24.5. The number of nitrogens with two attached hydrogens (primary N) is 1. The fraction of sp³-hybridized carbons (Fsp3) is 0.174. The molecular formula is C23H18BrF3N6O. The molecule has 3 heterocycles. The smallest absolute Gasteiger partial charge is 0.383 e. The first kappa shape index (κ1) is 23.6. The highest BCUT2D eigenvalue weighted by Gasteiger charge is 2.31. The van der Waals surface area contributed by atoms with Gasteiger partial charge in [-0.15, -0.1) is 0 Å². The van der Waals surface area contributed by atoms with E-state index in [4.69, 9.17) is 5.73 Å². The van der Waals surface area contributed by atoms with Gasteiger partial charge in [0.25, 0.3) is 5.91 Å². The lowest BCUT2D eigenvalue weighted by molar-refractivity contribution is -0.137. The second kappa shape index (κ2) is 9.34. The molecule has 1 atom stereocenters. The quantitative estimate of drug-likeness (QED) is 0.381. The Bertz CT molecular complexity index is 1330. The fourth-order valence-corrected chi connectivity index (χ4v) is 3.71. The first-order chi connectivity index (χ1) is 16.1. The van der Waals surface area contributed by atoms with Gasteiger partial charge in [0, 0.05) is 29.5 Å². The van der Waals surface area contributed by atoms with Crippen molar-refractivity contribution in [2.45, 2.75) is 25.7 Å². The molecule has 11 heteroatoms. The van der Waals surface area contributed by atoms with E-state index in [9.17, 15) is 18.0 Å². The maximum absolute atomic E-state index is 13.6. The van der Waals surface area contributed by atoms with Crippen LogP contribution in [0, 0.1) is 0 Å². The number of hydrogen-bond donors (Lipinski definition) is 1. The molecular weight excluding hydrogens is 513 g/mol. The first-order valence-electron chi connectivity index (χ1n) is 10.1. The summed E-state index contributed by atoms with van der Waals surface area (Å²) in [5.74, 6) is 0.355. The molecule has 0 saturated heterocycles. The van der Waals surface area contributed by atoms with Crippen LogP contribution in [0.4, 0.5) is 19.0 Å². The largest absolute Gasteiger partial charge is 0.417 e.